The maximum atomic E-state index is 5.24. The predicted molar refractivity (Wildman–Crippen MR) is 69.2 cm³/mol. The SMILES string of the molecule is CCOCCCNc1ncc(Br)cc1Br. The third kappa shape index (κ3) is 4.95. The number of nitrogens with zero attached hydrogens (tertiary/aromatic N) is 1. The minimum atomic E-state index is 0.778. The Morgan fingerprint density at radius 2 is 2.27 bits per heavy atom. The highest BCUT2D eigenvalue weighted by Crippen LogP contribution is 2.23. The first-order valence-corrected chi connectivity index (χ1v) is 6.45. The highest BCUT2D eigenvalue weighted by molar-refractivity contribution is 9.11. The predicted octanol–water partition coefficient (Wildman–Crippen LogP) is 3.45. The highest BCUT2D eigenvalue weighted by atomic mass is 79.9. The van der Waals surface area contributed by atoms with E-state index in [9.17, 15) is 0 Å². The van der Waals surface area contributed by atoms with Crippen LogP contribution in [-0.2, 0) is 4.74 Å². The van der Waals surface area contributed by atoms with E-state index in [1.807, 2.05) is 13.0 Å². The zero-order chi connectivity index (χ0) is 11.1. The lowest BCUT2D eigenvalue weighted by molar-refractivity contribution is 0.147. The van der Waals surface area contributed by atoms with E-state index in [2.05, 4.69) is 42.2 Å². The smallest absolute Gasteiger partial charge is 0.140 e. The van der Waals surface area contributed by atoms with Crippen LogP contribution in [0.25, 0.3) is 0 Å². The average Bonchev–Trinajstić information content (AvgIpc) is 2.20. The Kier molecular flexibility index (Phi) is 6.20. The Balaban J connectivity index is 2.31. The summed E-state index contributed by atoms with van der Waals surface area (Å²) in [4.78, 5) is 4.25. The van der Waals surface area contributed by atoms with Gasteiger partial charge in [0, 0.05) is 30.4 Å². The van der Waals surface area contributed by atoms with Crippen LogP contribution in [0.15, 0.2) is 21.2 Å². The first kappa shape index (κ1) is 12.9. The molecule has 1 aromatic heterocycles. The van der Waals surface area contributed by atoms with E-state index in [0.717, 1.165) is 40.9 Å². The molecule has 1 rings (SSSR count). The molecule has 1 N–H and O–H groups in total. The molecule has 1 aromatic rings. The molecule has 0 unspecified atom stereocenters. The maximum absolute atomic E-state index is 5.24. The number of pyridine rings is 1. The van der Waals surface area contributed by atoms with Gasteiger partial charge < -0.3 is 10.1 Å². The third-order valence-corrected chi connectivity index (χ3v) is 2.81. The molecule has 1 heterocycles. The minimum Gasteiger partial charge on any atom is -0.382 e. The van der Waals surface area contributed by atoms with Gasteiger partial charge in [0.05, 0.1) is 4.47 Å². The fourth-order valence-electron chi connectivity index (χ4n) is 1.07. The van der Waals surface area contributed by atoms with Gasteiger partial charge in [-0.1, -0.05) is 0 Å². The molecule has 0 atom stereocenters. The molecule has 0 spiro atoms. The van der Waals surface area contributed by atoms with E-state index in [4.69, 9.17) is 4.74 Å². The molecule has 3 nitrogen and oxygen atoms in total. The van der Waals surface area contributed by atoms with Crippen LogP contribution < -0.4 is 5.32 Å². The molecular weight excluding hydrogens is 324 g/mol. The zero-order valence-corrected chi connectivity index (χ0v) is 11.8. The van der Waals surface area contributed by atoms with Crippen molar-refractivity contribution in [2.24, 2.45) is 0 Å². The van der Waals surface area contributed by atoms with Crippen LogP contribution in [0.1, 0.15) is 13.3 Å². The second-order valence-corrected chi connectivity index (χ2v) is 4.73. The largest absolute Gasteiger partial charge is 0.382 e. The van der Waals surface area contributed by atoms with Crippen molar-refractivity contribution >= 4 is 37.7 Å². The first-order chi connectivity index (χ1) is 7.24. The van der Waals surface area contributed by atoms with E-state index in [-0.39, 0.29) is 0 Å². The summed E-state index contributed by atoms with van der Waals surface area (Å²) in [5.74, 6) is 0.870. The number of aromatic nitrogens is 1. The number of anilines is 1. The lowest BCUT2D eigenvalue weighted by atomic mass is 10.4. The lowest BCUT2D eigenvalue weighted by Gasteiger charge is -2.07. The number of ether oxygens (including phenoxy) is 1. The molecule has 0 bridgehead atoms. The molecule has 0 fully saturated rings. The molecule has 0 aromatic carbocycles. The fourth-order valence-corrected chi connectivity index (χ4v) is 2.20. The summed E-state index contributed by atoms with van der Waals surface area (Å²) in [6.07, 6.45) is 2.76. The van der Waals surface area contributed by atoms with Crippen molar-refractivity contribution in [3.63, 3.8) is 0 Å². The van der Waals surface area contributed by atoms with Crippen molar-refractivity contribution in [2.45, 2.75) is 13.3 Å². The van der Waals surface area contributed by atoms with Gasteiger partial charge in [-0.05, 0) is 51.3 Å². The maximum Gasteiger partial charge on any atom is 0.140 e. The summed E-state index contributed by atoms with van der Waals surface area (Å²) in [6, 6.07) is 1.97. The Hall–Kier alpha value is -0.130. The molecule has 84 valence electrons. The third-order valence-electron chi connectivity index (χ3n) is 1.77. The summed E-state index contributed by atoms with van der Waals surface area (Å²) >= 11 is 6.80. The van der Waals surface area contributed by atoms with Crippen LogP contribution in [-0.4, -0.2) is 24.7 Å². The van der Waals surface area contributed by atoms with Crippen LogP contribution in [0.5, 0.6) is 0 Å². The zero-order valence-electron chi connectivity index (χ0n) is 8.59. The van der Waals surface area contributed by atoms with E-state index in [0.29, 0.717) is 0 Å². The quantitative estimate of drug-likeness (QED) is 0.807. The topological polar surface area (TPSA) is 34.1 Å². The number of hydrogen-bond donors (Lipinski definition) is 1. The second kappa shape index (κ2) is 7.19. The summed E-state index contributed by atoms with van der Waals surface area (Å²) in [7, 11) is 0. The molecule has 0 aliphatic heterocycles. The highest BCUT2D eigenvalue weighted by Gasteiger charge is 2.00. The Labute approximate surface area is 107 Å². The van der Waals surface area contributed by atoms with Crippen molar-refractivity contribution < 1.29 is 4.74 Å². The first-order valence-electron chi connectivity index (χ1n) is 4.86. The van der Waals surface area contributed by atoms with Crippen molar-refractivity contribution in [2.75, 3.05) is 25.1 Å². The molecule has 15 heavy (non-hydrogen) atoms. The van der Waals surface area contributed by atoms with E-state index >= 15 is 0 Å². The van der Waals surface area contributed by atoms with Crippen molar-refractivity contribution in [1.29, 1.82) is 0 Å². The van der Waals surface area contributed by atoms with Gasteiger partial charge in [0.2, 0.25) is 0 Å². The minimum absolute atomic E-state index is 0.778. The molecule has 5 heteroatoms. The summed E-state index contributed by atoms with van der Waals surface area (Å²) in [6.45, 7) is 4.44. The molecule has 0 saturated heterocycles. The van der Waals surface area contributed by atoms with Gasteiger partial charge >= 0.3 is 0 Å². The Morgan fingerprint density at radius 3 is 2.93 bits per heavy atom. The number of nitrogens with one attached hydrogen (secondary N) is 1. The summed E-state index contributed by atoms with van der Waals surface area (Å²) in [5, 5.41) is 3.24. The summed E-state index contributed by atoms with van der Waals surface area (Å²) < 4.78 is 7.17. The molecule has 0 radical (unpaired) electrons. The van der Waals surface area contributed by atoms with Crippen molar-refractivity contribution in [3.05, 3.63) is 21.2 Å². The van der Waals surface area contributed by atoms with Crippen LogP contribution in [0, 0.1) is 0 Å². The molecular formula is C10H14Br2N2O. The van der Waals surface area contributed by atoms with Crippen LogP contribution in [0.4, 0.5) is 5.82 Å². The number of rotatable bonds is 6. The van der Waals surface area contributed by atoms with E-state index in [1.165, 1.54) is 0 Å². The summed E-state index contributed by atoms with van der Waals surface area (Å²) in [5.41, 5.74) is 0. The molecule has 0 aliphatic carbocycles. The Morgan fingerprint density at radius 1 is 1.47 bits per heavy atom. The average molecular weight is 338 g/mol. The van der Waals surface area contributed by atoms with E-state index in [1.54, 1.807) is 6.20 Å². The van der Waals surface area contributed by atoms with Gasteiger partial charge in [-0.3, -0.25) is 0 Å². The van der Waals surface area contributed by atoms with Crippen molar-refractivity contribution in [3.8, 4) is 0 Å². The Bertz CT molecular complexity index is 307. The fraction of sp³-hybridized carbons (Fsp3) is 0.500. The van der Waals surface area contributed by atoms with Gasteiger partial charge in [-0.15, -0.1) is 0 Å². The van der Waals surface area contributed by atoms with Crippen molar-refractivity contribution in [1.82, 2.24) is 4.98 Å². The number of hydrogen-bond acceptors (Lipinski definition) is 3. The lowest BCUT2D eigenvalue weighted by Crippen LogP contribution is -2.07. The van der Waals surface area contributed by atoms with Crippen LogP contribution in [0.3, 0.4) is 0 Å². The van der Waals surface area contributed by atoms with Crippen LogP contribution >= 0.6 is 31.9 Å². The normalized spacial score (nSPS) is 10.3. The standard InChI is InChI=1S/C10H14Br2N2O/c1-2-15-5-3-4-13-10-9(12)6-8(11)7-14-10/h6-7H,2-5H2,1H3,(H,13,14). The van der Waals surface area contributed by atoms with Crippen LogP contribution in [0.2, 0.25) is 0 Å². The second-order valence-electron chi connectivity index (χ2n) is 2.96. The van der Waals surface area contributed by atoms with Gasteiger partial charge in [0.1, 0.15) is 5.82 Å². The molecule has 0 saturated carbocycles. The number of halogens is 2. The molecule has 0 aliphatic rings. The van der Waals surface area contributed by atoms with Gasteiger partial charge in [0.25, 0.3) is 0 Å². The van der Waals surface area contributed by atoms with Gasteiger partial charge in [-0.25, -0.2) is 4.98 Å². The van der Waals surface area contributed by atoms with E-state index < -0.39 is 0 Å². The molecule has 0 amide bonds. The monoisotopic (exact) mass is 336 g/mol. The van der Waals surface area contributed by atoms with Gasteiger partial charge in [0.15, 0.2) is 0 Å². The van der Waals surface area contributed by atoms with Gasteiger partial charge in [-0.2, -0.15) is 0 Å².